The number of alkyl halides is 1. The van der Waals surface area contributed by atoms with Crippen molar-refractivity contribution in [3.63, 3.8) is 0 Å². The lowest BCUT2D eigenvalue weighted by atomic mass is 9.93. The standard InChI is InChI=1S/C12H26ClN/c1-5-11(6-2)10-14-12(4,7-3)8-9-13/h11,14H,5-10H2,1-4H3. The lowest BCUT2D eigenvalue weighted by Crippen LogP contribution is -2.44. The predicted octanol–water partition coefficient (Wildman–Crippen LogP) is 3.81. The normalized spacial score (nSPS) is 15.9. The van der Waals surface area contributed by atoms with Crippen LogP contribution in [0.2, 0.25) is 0 Å². The van der Waals surface area contributed by atoms with Crippen LogP contribution in [0.1, 0.15) is 53.4 Å². The lowest BCUT2D eigenvalue weighted by molar-refractivity contribution is 0.299. The Labute approximate surface area is 94.6 Å². The van der Waals surface area contributed by atoms with Crippen molar-refractivity contribution in [2.45, 2.75) is 58.9 Å². The first-order chi connectivity index (χ1) is 6.61. The fourth-order valence-corrected chi connectivity index (χ4v) is 1.98. The van der Waals surface area contributed by atoms with Gasteiger partial charge in [0.15, 0.2) is 0 Å². The van der Waals surface area contributed by atoms with Gasteiger partial charge in [0.2, 0.25) is 0 Å². The Kier molecular flexibility index (Phi) is 7.66. The van der Waals surface area contributed by atoms with Gasteiger partial charge in [-0.1, -0.05) is 33.6 Å². The zero-order chi connectivity index (χ0) is 11.0. The number of halogens is 1. The third kappa shape index (κ3) is 5.21. The summed E-state index contributed by atoms with van der Waals surface area (Å²) in [6.45, 7) is 10.2. The molecule has 0 bridgehead atoms. The van der Waals surface area contributed by atoms with E-state index in [0.29, 0.717) is 0 Å². The average Bonchev–Trinajstić information content (AvgIpc) is 2.20. The first-order valence-electron chi connectivity index (χ1n) is 5.92. The van der Waals surface area contributed by atoms with Crippen molar-refractivity contribution in [1.82, 2.24) is 5.32 Å². The summed E-state index contributed by atoms with van der Waals surface area (Å²) >= 11 is 5.81. The molecule has 1 atom stereocenters. The molecule has 0 aliphatic heterocycles. The first kappa shape index (κ1) is 14.2. The zero-order valence-electron chi connectivity index (χ0n) is 10.2. The van der Waals surface area contributed by atoms with Gasteiger partial charge in [0.1, 0.15) is 0 Å². The van der Waals surface area contributed by atoms with Gasteiger partial charge in [-0.05, 0) is 32.2 Å². The Morgan fingerprint density at radius 2 is 1.79 bits per heavy atom. The minimum atomic E-state index is 0.240. The van der Waals surface area contributed by atoms with Crippen molar-refractivity contribution in [2.24, 2.45) is 5.92 Å². The third-order valence-corrected chi connectivity index (χ3v) is 3.59. The van der Waals surface area contributed by atoms with Crippen LogP contribution in [0.5, 0.6) is 0 Å². The van der Waals surface area contributed by atoms with Gasteiger partial charge in [0, 0.05) is 11.4 Å². The molecule has 0 aromatic carbocycles. The van der Waals surface area contributed by atoms with E-state index < -0.39 is 0 Å². The minimum Gasteiger partial charge on any atom is -0.311 e. The topological polar surface area (TPSA) is 12.0 Å². The van der Waals surface area contributed by atoms with E-state index in [9.17, 15) is 0 Å². The highest BCUT2D eigenvalue weighted by molar-refractivity contribution is 6.17. The number of rotatable bonds is 8. The van der Waals surface area contributed by atoms with E-state index in [2.05, 4.69) is 33.0 Å². The Balaban J connectivity index is 3.92. The Bertz CT molecular complexity index is 134. The Morgan fingerprint density at radius 1 is 1.21 bits per heavy atom. The molecule has 0 spiro atoms. The predicted molar refractivity (Wildman–Crippen MR) is 66.1 cm³/mol. The van der Waals surface area contributed by atoms with E-state index in [-0.39, 0.29) is 5.54 Å². The van der Waals surface area contributed by atoms with Gasteiger partial charge in [0.25, 0.3) is 0 Å². The average molecular weight is 220 g/mol. The molecule has 0 amide bonds. The summed E-state index contributed by atoms with van der Waals surface area (Å²) in [5.41, 5.74) is 0.240. The minimum absolute atomic E-state index is 0.240. The summed E-state index contributed by atoms with van der Waals surface area (Å²) in [7, 11) is 0. The van der Waals surface area contributed by atoms with Crippen LogP contribution in [0.25, 0.3) is 0 Å². The molecule has 86 valence electrons. The molecule has 0 saturated carbocycles. The maximum absolute atomic E-state index is 5.81. The van der Waals surface area contributed by atoms with E-state index in [4.69, 9.17) is 11.6 Å². The van der Waals surface area contributed by atoms with E-state index in [1.165, 1.54) is 12.8 Å². The quantitative estimate of drug-likeness (QED) is 0.613. The highest BCUT2D eigenvalue weighted by Gasteiger charge is 2.21. The molecule has 1 unspecified atom stereocenters. The molecule has 0 aliphatic rings. The molecule has 0 aromatic rings. The van der Waals surface area contributed by atoms with Crippen molar-refractivity contribution in [1.29, 1.82) is 0 Å². The maximum Gasteiger partial charge on any atom is 0.0240 e. The first-order valence-corrected chi connectivity index (χ1v) is 6.46. The van der Waals surface area contributed by atoms with E-state index >= 15 is 0 Å². The molecule has 14 heavy (non-hydrogen) atoms. The van der Waals surface area contributed by atoms with Gasteiger partial charge >= 0.3 is 0 Å². The van der Waals surface area contributed by atoms with E-state index in [0.717, 1.165) is 31.2 Å². The van der Waals surface area contributed by atoms with Gasteiger partial charge in [-0.25, -0.2) is 0 Å². The summed E-state index contributed by atoms with van der Waals surface area (Å²) in [4.78, 5) is 0. The van der Waals surface area contributed by atoms with Crippen LogP contribution in [0.3, 0.4) is 0 Å². The summed E-state index contributed by atoms with van der Waals surface area (Å²) in [6, 6.07) is 0. The second-order valence-corrected chi connectivity index (χ2v) is 4.79. The van der Waals surface area contributed by atoms with Crippen LogP contribution in [0.15, 0.2) is 0 Å². The number of nitrogens with one attached hydrogen (secondary N) is 1. The van der Waals surface area contributed by atoms with Crippen molar-refractivity contribution in [3.8, 4) is 0 Å². The van der Waals surface area contributed by atoms with Gasteiger partial charge in [0.05, 0.1) is 0 Å². The summed E-state index contributed by atoms with van der Waals surface area (Å²) in [6.07, 6.45) is 4.75. The molecule has 0 aliphatic carbocycles. The molecule has 0 aromatic heterocycles. The molecule has 1 N–H and O–H groups in total. The highest BCUT2D eigenvalue weighted by atomic mass is 35.5. The molecule has 0 rings (SSSR count). The number of hydrogen-bond donors (Lipinski definition) is 1. The van der Waals surface area contributed by atoms with Crippen molar-refractivity contribution in [3.05, 3.63) is 0 Å². The molecule has 2 heteroatoms. The molecule has 0 fully saturated rings. The second-order valence-electron chi connectivity index (χ2n) is 4.42. The second kappa shape index (κ2) is 7.53. The van der Waals surface area contributed by atoms with Gasteiger partial charge in [-0.15, -0.1) is 11.6 Å². The third-order valence-electron chi connectivity index (χ3n) is 3.40. The van der Waals surface area contributed by atoms with E-state index in [1.54, 1.807) is 0 Å². The molecule has 0 radical (unpaired) electrons. The zero-order valence-corrected chi connectivity index (χ0v) is 11.0. The summed E-state index contributed by atoms with van der Waals surface area (Å²) in [5, 5.41) is 3.66. The Hall–Kier alpha value is 0.250. The highest BCUT2D eigenvalue weighted by Crippen LogP contribution is 2.16. The van der Waals surface area contributed by atoms with Crippen LogP contribution < -0.4 is 5.32 Å². The lowest BCUT2D eigenvalue weighted by Gasteiger charge is -2.31. The fourth-order valence-electron chi connectivity index (χ4n) is 1.57. The van der Waals surface area contributed by atoms with Crippen molar-refractivity contribution in [2.75, 3.05) is 12.4 Å². The largest absolute Gasteiger partial charge is 0.311 e. The molecular formula is C12H26ClN. The van der Waals surface area contributed by atoms with Crippen LogP contribution in [-0.4, -0.2) is 18.0 Å². The SMILES string of the molecule is CCC(CC)CNC(C)(CC)CCCl. The van der Waals surface area contributed by atoms with Gasteiger partial charge < -0.3 is 5.32 Å². The number of hydrogen-bond acceptors (Lipinski definition) is 1. The fraction of sp³-hybridized carbons (Fsp3) is 1.00. The Morgan fingerprint density at radius 3 is 2.14 bits per heavy atom. The van der Waals surface area contributed by atoms with E-state index in [1.807, 2.05) is 0 Å². The monoisotopic (exact) mass is 219 g/mol. The molecule has 0 saturated heterocycles. The van der Waals surface area contributed by atoms with Crippen molar-refractivity contribution >= 4 is 11.6 Å². The summed E-state index contributed by atoms with van der Waals surface area (Å²) in [5.74, 6) is 1.57. The molecular weight excluding hydrogens is 194 g/mol. The van der Waals surface area contributed by atoms with Crippen LogP contribution >= 0.6 is 11.6 Å². The molecule has 1 nitrogen and oxygen atoms in total. The van der Waals surface area contributed by atoms with Gasteiger partial charge in [-0.2, -0.15) is 0 Å². The maximum atomic E-state index is 5.81. The molecule has 0 heterocycles. The van der Waals surface area contributed by atoms with Gasteiger partial charge in [-0.3, -0.25) is 0 Å². The van der Waals surface area contributed by atoms with Crippen LogP contribution in [0.4, 0.5) is 0 Å². The van der Waals surface area contributed by atoms with Crippen LogP contribution in [0, 0.1) is 5.92 Å². The van der Waals surface area contributed by atoms with Crippen molar-refractivity contribution < 1.29 is 0 Å². The summed E-state index contributed by atoms with van der Waals surface area (Å²) < 4.78 is 0. The van der Waals surface area contributed by atoms with Crippen LogP contribution in [-0.2, 0) is 0 Å². The smallest absolute Gasteiger partial charge is 0.0240 e.